The van der Waals surface area contributed by atoms with E-state index in [0.717, 1.165) is 13.8 Å². The van der Waals surface area contributed by atoms with E-state index in [-0.39, 0.29) is 94.3 Å². The van der Waals surface area contributed by atoms with E-state index in [2.05, 4.69) is 74.4 Å². The number of aliphatic carboxylic acids is 2. The largest absolute Gasteiger partial charge is 0.508 e. The molecule has 0 unspecified atom stereocenters. The van der Waals surface area contributed by atoms with Crippen LogP contribution in [0.1, 0.15) is 111 Å². The van der Waals surface area contributed by atoms with E-state index in [0.29, 0.717) is 5.56 Å². The minimum absolute atomic E-state index is 0.0271. The van der Waals surface area contributed by atoms with Gasteiger partial charge in [0, 0.05) is 32.4 Å². The lowest BCUT2D eigenvalue weighted by molar-refractivity contribution is -0.142. The van der Waals surface area contributed by atoms with Crippen LogP contribution in [0.5, 0.6) is 5.75 Å². The van der Waals surface area contributed by atoms with Gasteiger partial charge in [0.2, 0.25) is 82.7 Å². The van der Waals surface area contributed by atoms with Gasteiger partial charge in [-0.15, -0.1) is 0 Å². The van der Waals surface area contributed by atoms with Gasteiger partial charge in [-0.2, -0.15) is 11.8 Å². The van der Waals surface area contributed by atoms with Gasteiger partial charge in [-0.25, -0.2) is 9.59 Å². The maximum atomic E-state index is 14.1. The van der Waals surface area contributed by atoms with Crippen LogP contribution in [0.15, 0.2) is 24.3 Å². The third kappa shape index (κ3) is 36.7. The second kappa shape index (κ2) is 45.8. The number of guanidine groups is 1. The van der Waals surface area contributed by atoms with Gasteiger partial charge in [-0.3, -0.25) is 77.3 Å². The standard InChI is InChI=1S/C59H96N20O20S/c1-28(2)23-39(54(94)77-38(57(97)98)10-8-20-66-58(63)64)73-45(84)27-68-44(83)26-69-47(87)29(3)70-48(88)30(4)71-52(92)36(16-18-43(62)82)75-56(96)41(25-46(85)86)78-49(89)31(5)72-51(91)35(9-7-21-67-59(65)99)74-53(93)37(19-22-100-6)76-55(95)40(24-32-11-13-33(80)14-12-32)79-50(90)34(60)15-17-42(61)81/h11-14,28-31,34-41,80H,7-10,15-27,60H2,1-6H3,(H2,61,81)(H2,62,82)(H,68,83)(H,69,87)(H,70,88)(H,71,92)(H,72,91)(H,73,84)(H,74,93)(H,75,96)(H,76,95)(H,77,94)(H,78,89)(H,79,90)(H,85,86)(H,97,98)(H4,63,64,66)(H3,65,67,99)/t29-,30-,31-,34-,35-,36-,37-,38-,39-,40-,41-/m0/s1. The number of phenolic OH excluding ortho intramolecular Hbond substituents is 1. The van der Waals surface area contributed by atoms with Gasteiger partial charge in [0.25, 0.3) is 0 Å². The zero-order valence-electron chi connectivity index (χ0n) is 56.3. The maximum absolute atomic E-state index is 14.1. The number of carboxylic acid groups (broad SMARTS) is 2. The normalized spacial score (nSPS) is 14.1. The molecule has 0 aliphatic rings. The van der Waals surface area contributed by atoms with Crippen LogP contribution in [0.2, 0.25) is 0 Å². The Morgan fingerprint density at radius 3 is 1.41 bits per heavy atom. The van der Waals surface area contributed by atoms with Gasteiger partial charge in [0.1, 0.15) is 66.2 Å². The molecule has 11 atom stereocenters. The highest BCUT2D eigenvalue weighted by atomic mass is 32.2. The number of urea groups is 1. The van der Waals surface area contributed by atoms with E-state index in [1.54, 1.807) is 20.1 Å². The number of phenols is 1. The monoisotopic (exact) mass is 1440 g/mol. The summed E-state index contributed by atoms with van der Waals surface area (Å²) in [6.45, 7) is 5.57. The minimum Gasteiger partial charge on any atom is -0.508 e. The van der Waals surface area contributed by atoms with Gasteiger partial charge in [0.15, 0.2) is 5.96 Å². The molecule has 0 aromatic heterocycles. The molecule has 100 heavy (non-hydrogen) atoms. The Kier molecular flexibility index (Phi) is 40.0. The number of aromatic hydroxyl groups is 1. The van der Waals surface area contributed by atoms with Crippen LogP contribution in [-0.4, -0.2) is 227 Å². The molecule has 1 aromatic carbocycles. The molecule has 16 amide bonds. The molecule has 0 spiro atoms. The molecule has 0 aliphatic heterocycles. The van der Waals surface area contributed by atoms with Gasteiger partial charge < -0.3 is 118 Å². The van der Waals surface area contributed by atoms with E-state index in [9.17, 15) is 96.8 Å². The summed E-state index contributed by atoms with van der Waals surface area (Å²) in [4.78, 5) is 220. The van der Waals surface area contributed by atoms with Crippen molar-refractivity contribution in [3.63, 3.8) is 0 Å². The van der Waals surface area contributed by atoms with Crippen LogP contribution in [0, 0.1) is 11.3 Å². The first-order valence-electron chi connectivity index (χ1n) is 31.6. The van der Waals surface area contributed by atoms with Crippen LogP contribution in [0.3, 0.4) is 0 Å². The smallest absolute Gasteiger partial charge is 0.326 e. The number of hydrogen-bond acceptors (Lipinski definition) is 21. The van der Waals surface area contributed by atoms with Crippen molar-refractivity contribution < 1.29 is 96.8 Å². The van der Waals surface area contributed by atoms with Crippen LogP contribution in [0.4, 0.5) is 4.79 Å². The Hall–Kier alpha value is -10.6. The summed E-state index contributed by atoms with van der Waals surface area (Å²) >= 11 is 1.28. The predicted octanol–water partition coefficient (Wildman–Crippen LogP) is -8.00. The Balaban J connectivity index is 3.19. The zero-order chi connectivity index (χ0) is 75.9. The van der Waals surface area contributed by atoms with Crippen molar-refractivity contribution in [2.45, 2.75) is 178 Å². The number of primary amides is 3. The fourth-order valence-corrected chi connectivity index (χ4v) is 9.33. The maximum Gasteiger partial charge on any atom is 0.326 e. The molecule has 558 valence electrons. The molecule has 0 heterocycles. The van der Waals surface area contributed by atoms with Gasteiger partial charge in [-0.1, -0.05) is 26.0 Å². The Morgan fingerprint density at radius 2 is 0.890 bits per heavy atom. The highest BCUT2D eigenvalue weighted by molar-refractivity contribution is 7.98. The molecule has 41 heteroatoms. The molecule has 0 saturated heterocycles. The summed E-state index contributed by atoms with van der Waals surface area (Å²) < 4.78 is 0. The summed E-state index contributed by atoms with van der Waals surface area (Å²) in [5.41, 5.74) is 27.4. The van der Waals surface area contributed by atoms with Crippen molar-refractivity contribution in [1.82, 2.24) is 74.4 Å². The summed E-state index contributed by atoms with van der Waals surface area (Å²) in [7, 11) is 0. The van der Waals surface area contributed by atoms with Gasteiger partial charge >= 0.3 is 18.0 Å². The van der Waals surface area contributed by atoms with Crippen molar-refractivity contribution in [3.8, 4) is 5.75 Å². The third-order valence-corrected chi connectivity index (χ3v) is 14.9. The van der Waals surface area contributed by atoms with Crippen molar-refractivity contribution in [3.05, 3.63) is 29.8 Å². The number of nitrogens with one attached hydrogen (secondary N) is 15. The first-order chi connectivity index (χ1) is 46.8. The summed E-state index contributed by atoms with van der Waals surface area (Å²) in [5, 5.41) is 69.5. The number of hydrogen-bond donors (Lipinski definition) is 23. The van der Waals surface area contributed by atoms with Crippen LogP contribution >= 0.6 is 11.8 Å². The predicted molar refractivity (Wildman–Crippen MR) is 357 cm³/mol. The first kappa shape index (κ1) is 87.4. The fourth-order valence-electron chi connectivity index (χ4n) is 8.86. The second-order valence-electron chi connectivity index (χ2n) is 23.4. The SMILES string of the molecule is CSCC[C@H](NC(=O)[C@H](Cc1ccc(O)cc1)NC(=O)[C@@H](N)CCC(N)=O)C(=O)N[C@@H](CCCNC(N)=O)C(=O)N[C@@H](C)C(=O)N[C@@H](CC(=O)O)C(=O)N[C@@H](CCC(N)=O)C(=O)N[C@@H](C)C(=O)N[C@@H](C)C(=O)NCC(=O)NCC(=O)N[C@@H](CC(C)C)C(=O)N[C@@H](CCCNC(=N)N)C(=O)O. The Morgan fingerprint density at radius 1 is 0.460 bits per heavy atom. The van der Waals surface area contributed by atoms with Crippen molar-refractivity contribution in [2.24, 2.45) is 34.6 Å². The molecular weight excluding hydrogens is 1340 g/mol. The first-order valence-corrected chi connectivity index (χ1v) is 32.9. The quantitative estimate of drug-likeness (QED) is 0.0164. The van der Waals surface area contributed by atoms with Crippen LogP contribution < -0.4 is 103 Å². The molecule has 0 radical (unpaired) electrons. The number of carbonyl (C=O) groups excluding carboxylic acids is 15. The van der Waals surface area contributed by atoms with Crippen molar-refractivity contribution in [2.75, 3.05) is 38.2 Å². The number of amides is 16. The number of thioether (sulfide) groups is 1. The highest BCUT2D eigenvalue weighted by Gasteiger charge is 2.35. The number of carbonyl (C=O) groups is 17. The second-order valence-corrected chi connectivity index (χ2v) is 24.4. The fraction of sp³-hybridized carbons (Fsp3) is 0.593. The van der Waals surface area contributed by atoms with E-state index in [4.69, 9.17) is 34.1 Å². The number of rotatable bonds is 48. The average molecular weight is 1440 g/mol. The van der Waals surface area contributed by atoms with Crippen LogP contribution in [-0.2, 0) is 83.1 Å². The molecule has 40 nitrogen and oxygen atoms in total. The summed E-state index contributed by atoms with van der Waals surface area (Å²) in [6, 6.07) is -11.9. The Labute approximate surface area is 579 Å². The molecular formula is C59H96N20O20S. The summed E-state index contributed by atoms with van der Waals surface area (Å²) in [5.74, 6) is -16.9. The lowest BCUT2D eigenvalue weighted by Gasteiger charge is -2.27. The lowest BCUT2D eigenvalue weighted by Crippen LogP contribution is -2.60. The third-order valence-electron chi connectivity index (χ3n) is 14.3. The van der Waals surface area contributed by atoms with Crippen LogP contribution in [0.25, 0.3) is 0 Å². The van der Waals surface area contributed by atoms with Gasteiger partial charge in [0.05, 0.1) is 25.6 Å². The van der Waals surface area contributed by atoms with E-state index in [1.807, 2.05) is 0 Å². The molecule has 0 aliphatic carbocycles. The van der Waals surface area contributed by atoms with E-state index < -0.39 is 199 Å². The lowest BCUT2D eigenvalue weighted by atomic mass is 10.0. The van der Waals surface area contributed by atoms with Gasteiger partial charge in [-0.05, 0) is 108 Å². The highest BCUT2D eigenvalue weighted by Crippen LogP contribution is 2.14. The number of carboxylic acids is 2. The van der Waals surface area contributed by atoms with Crippen molar-refractivity contribution >= 4 is 118 Å². The molecule has 0 bridgehead atoms. The molecule has 28 N–H and O–H groups in total. The molecule has 0 fully saturated rings. The molecule has 1 rings (SSSR count). The topological polar surface area (TPSA) is 673 Å². The number of nitrogens with two attached hydrogens (primary N) is 5. The zero-order valence-corrected chi connectivity index (χ0v) is 57.2. The minimum atomic E-state index is -2.02. The Bertz CT molecular complexity index is 3050. The number of benzene rings is 1. The molecule has 1 aromatic rings. The molecule has 0 saturated carbocycles. The van der Waals surface area contributed by atoms with E-state index in [1.165, 1.54) is 43.0 Å². The average Bonchev–Trinajstić information content (AvgIpc) is 0.867. The van der Waals surface area contributed by atoms with Crippen molar-refractivity contribution in [1.29, 1.82) is 5.41 Å². The summed E-state index contributed by atoms with van der Waals surface area (Å²) in [6.07, 6.45) is -1.25. The van der Waals surface area contributed by atoms with E-state index >= 15 is 0 Å².